The molecule has 23 heavy (non-hydrogen) atoms. The quantitative estimate of drug-likeness (QED) is 0.824. The summed E-state index contributed by atoms with van der Waals surface area (Å²) in [6.45, 7) is 3.07. The van der Waals surface area contributed by atoms with E-state index in [-0.39, 0.29) is 33.9 Å². The molecule has 0 aromatic carbocycles. The van der Waals surface area contributed by atoms with E-state index >= 15 is 0 Å². The van der Waals surface area contributed by atoms with E-state index in [1.807, 2.05) is 6.92 Å². The molecule has 0 unspecified atom stereocenters. The van der Waals surface area contributed by atoms with Crippen molar-refractivity contribution < 1.29 is 9.53 Å². The number of rotatable bonds is 5. The highest BCUT2D eigenvalue weighted by Gasteiger charge is 2.21. The molecule has 2 heterocycles. The van der Waals surface area contributed by atoms with E-state index in [0.717, 1.165) is 0 Å². The van der Waals surface area contributed by atoms with Gasteiger partial charge in [0.15, 0.2) is 0 Å². The average molecular weight is 356 g/mol. The molecule has 2 aromatic rings. The van der Waals surface area contributed by atoms with E-state index in [0.29, 0.717) is 17.7 Å². The molecule has 0 N–H and O–H groups in total. The van der Waals surface area contributed by atoms with Gasteiger partial charge in [0.1, 0.15) is 11.6 Å². The number of methoxy groups -OCH3 is 1. The van der Waals surface area contributed by atoms with Crippen LogP contribution in [0.5, 0.6) is 5.75 Å². The molecule has 0 amide bonds. The predicted octanol–water partition coefficient (Wildman–Crippen LogP) is 2.77. The summed E-state index contributed by atoms with van der Waals surface area (Å²) in [7, 11) is 1.39. The summed E-state index contributed by atoms with van der Waals surface area (Å²) in [4.78, 5) is 32.6. The summed E-state index contributed by atoms with van der Waals surface area (Å²) in [6.07, 6.45) is 3.29. The number of hydrogen-bond acceptors (Lipinski definition) is 5. The fraction of sp³-hybridized carbons (Fsp3) is 0.333. The highest BCUT2D eigenvalue weighted by Crippen LogP contribution is 2.33. The predicted molar refractivity (Wildman–Crippen MR) is 88.4 cm³/mol. The van der Waals surface area contributed by atoms with Crippen molar-refractivity contribution in [2.24, 2.45) is 0 Å². The molecular formula is C15H15Cl2N3O3. The third kappa shape index (κ3) is 3.38. The summed E-state index contributed by atoms with van der Waals surface area (Å²) in [5, 5.41) is 0.489. The van der Waals surface area contributed by atoms with E-state index in [9.17, 15) is 9.59 Å². The molecule has 0 saturated carbocycles. The van der Waals surface area contributed by atoms with Crippen LogP contribution in [-0.4, -0.2) is 27.4 Å². The molecule has 0 radical (unpaired) electrons. The fourth-order valence-electron chi connectivity index (χ4n) is 2.21. The lowest BCUT2D eigenvalue weighted by atomic mass is 10.2. The number of pyridine rings is 1. The molecule has 2 rings (SSSR count). The van der Waals surface area contributed by atoms with E-state index < -0.39 is 5.56 Å². The van der Waals surface area contributed by atoms with Gasteiger partial charge in [0.25, 0.3) is 5.56 Å². The first kappa shape index (κ1) is 17.4. The van der Waals surface area contributed by atoms with Crippen molar-refractivity contribution in [2.75, 3.05) is 7.11 Å². The Morgan fingerprint density at radius 3 is 2.39 bits per heavy atom. The van der Waals surface area contributed by atoms with Crippen LogP contribution in [0.3, 0.4) is 0 Å². The lowest BCUT2D eigenvalue weighted by Crippen LogP contribution is -2.28. The molecule has 6 nitrogen and oxygen atoms in total. The molecule has 0 aliphatic rings. The van der Waals surface area contributed by atoms with Crippen molar-refractivity contribution in [1.29, 1.82) is 0 Å². The first-order valence-corrected chi connectivity index (χ1v) is 7.62. The van der Waals surface area contributed by atoms with Crippen LogP contribution in [0.1, 0.15) is 19.5 Å². The SMILES string of the molecule is CCc1nc(-c2c(Cl)cncc2Cl)n(CC(C)=O)c(=O)c1OC. The van der Waals surface area contributed by atoms with Crippen LogP contribution in [0.15, 0.2) is 17.2 Å². The summed E-state index contributed by atoms with van der Waals surface area (Å²) in [5.74, 6) is 0.127. The molecule has 0 fully saturated rings. The van der Waals surface area contributed by atoms with Gasteiger partial charge in [-0.15, -0.1) is 0 Å². The Morgan fingerprint density at radius 1 is 1.30 bits per heavy atom. The molecule has 8 heteroatoms. The number of aryl methyl sites for hydroxylation is 1. The maximum Gasteiger partial charge on any atom is 0.296 e. The van der Waals surface area contributed by atoms with Crippen LogP contribution in [0.4, 0.5) is 0 Å². The minimum absolute atomic E-state index is 0.110. The van der Waals surface area contributed by atoms with Crippen molar-refractivity contribution in [1.82, 2.24) is 14.5 Å². The van der Waals surface area contributed by atoms with E-state index in [4.69, 9.17) is 27.9 Å². The second-order valence-electron chi connectivity index (χ2n) is 4.84. The summed E-state index contributed by atoms with van der Waals surface area (Å²) in [6, 6.07) is 0. The van der Waals surface area contributed by atoms with Crippen LogP contribution in [0.2, 0.25) is 10.0 Å². The number of ether oxygens (including phenoxy) is 1. The molecule has 0 aliphatic heterocycles. The number of carbonyl (C=O) groups is 1. The molecule has 0 atom stereocenters. The van der Waals surface area contributed by atoms with Crippen LogP contribution in [0, 0.1) is 0 Å². The van der Waals surface area contributed by atoms with Gasteiger partial charge in [0.2, 0.25) is 5.75 Å². The first-order chi connectivity index (χ1) is 10.9. The van der Waals surface area contributed by atoms with Gasteiger partial charge in [-0.05, 0) is 13.3 Å². The van der Waals surface area contributed by atoms with Crippen molar-refractivity contribution in [3.8, 4) is 17.1 Å². The second kappa shape index (κ2) is 7.10. The zero-order chi connectivity index (χ0) is 17.1. The minimum Gasteiger partial charge on any atom is -0.490 e. The Balaban J connectivity index is 2.88. The Bertz CT molecular complexity index is 798. The molecule has 122 valence electrons. The highest BCUT2D eigenvalue weighted by molar-refractivity contribution is 6.38. The summed E-state index contributed by atoms with van der Waals surface area (Å²) in [5.41, 5.74) is 0.378. The van der Waals surface area contributed by atoms with E-state index in [1.165, 1.54) is 31.0 Å². The molecule has 0 spiro atoms. The summed E-state index contributed by atoms with van der Waals surface area (Å²) >= 11 is 12.4. The van der Waals surface area contributed by atoms with Crippen LogP contribution in [0.25, 0.3) is 11.4 Å². The lowest BCUT2D eigenvalue weighted by molar-refractivity contribution is -0.117. The van der Waals surface area contributed by atoms with Gasteiger partial charge in [-0.1, -0.05) is 30.1 Å². The minimum atomic E-state index is -0.450. The standard InChI is InChI=1S/C15H15Cl2N3O3/c1-4-11-13(23-3)15(22)20(7-8(2)21)14(19-11)12-9(16)5-18-6-10(12)17/h5-6H,4,7H2,1-3H3. The highest BCUT2D eigenvalue weighted by atomic mass is 35.5. The van der Waals surface area contributed by atoms with Crippen molar-refractivity contribution >= 4 is 29.0 Å². The zero-order valence-electron chi connectivity index (χ0n) is 12.9. The Morgan fingerprint density at radius 2 is 1.91 bits per heavy atom. The van der Waals surface area contributed by atoms with Crippen LogP contribution < -0.4 is 10.3 Å². The smallest absolute Gasteiger partial charge is 0.296 e. The van der Waals surface area contributed by atoms with E-state index in [1.54, 1.807) is 0 Å². The van der Waals surface area contributed by atoms with Gasteiger partial charge in [-0.2, -0.15) is 0 Å². The maximum atomic E-state index is 12.7. The number of nitrogens with zero attached hydrogens (tertiary/aromatic N) is 3. The zero-order valence-corrected chi connectivity index (χ0v) is 14.4. The third-order valence-electron chi connectivity index (χ3n) is 3.19. The third-order valence-corrected chi connectivity index (χ3v) is 3.77. The van der Waals surface area contributed by atoms with Gasteiger partial charge < -0.3 is 4.74 Å². The van der Waals surface area contributed by atoms with Crippen molar-refractivity contribution in [3.05, 3.63) is 38.5 Å². The average Bonchev–Trinajstić information content (AvgIpc) is 2.49. The lowest BCUT2D eigenvalue weighted by Gasteiger charge is -2.16. The van der Waals surface area contributed by atoms with Gasteiger partial charge in [0, 0.05) is 12.4 Å². The topological polar surface area (TPSA) is 74.1 Å². The Kier molecular flexibility index (Phi) is 5.38. The van der Waals surface area contributed by atoms with Crippen molar-refractivity contribution in [3.63, 3.8) is 0 Å². The number of hydrogen-bond donors (Lipinski definition) is 0. The second-order valence-corrected chi connectivity index (χ2v) is 5.65. The van der Waals surface area contributed by atoms with Crippen LogP contribution >= 0.6 is 23.2 Å². The molecular weight excluding hydrogens is 341 g/mol. The molecule has 2 aromatic heterocycles. The Labute approximate surface area is 143 Å². The van der Waals surface area contributed by atoms with Gasteiger partial charge >= 0.3 is 0 Å². The first-order valence-electron chi connectivity index (χ1n) is 6.87. The molecule has 0 saturated heterocycles. The van der Waals surface area contributed by atoms with Crippen LogP contribution in [-0.2, 0) is 17.8 Å². The monoisotopic (exact) mass is 355 g/mol. The number of carbonyl (C=O) groups excluding carboxylic acids is 1. The number of Topliss-reactive ketones (excluding diaryl/α,β-unsaturated/α-hetero) is 1. The van der Waals surface area contributed by atoms with Gasteiger partial charge in [0.05, 0.1) is 35.0 Å². The van der Waals surface area contributed by atoms with Crippen molar-refractivity contribution in [2.45, 2.75) is 26.8 Å². The number of ketones is 1. The summed E-state index contributed by atoms with van der Waals surface area (Å²) < 4.78 is 6.37. The van der Waals surface area contributed by atoms with Gasteiger partial charge in [-0.3, -0.25) is 19.1 Å². The molecule has 0 aliphatic carbocycles. The van der Waals surface area contributed by atoms with Gasteiger partial charge in [-0.25, -0.2) is 4.98 Å². The van der Waals surface area contributed by atoms with E-state index in [2.05, 4.69) is 9.97 Å². The normalized spacial score (nSPS) is 10.7. The number of halogens is 2. The number of aromatic nitrogens is 3. The molecule has 0 bridgehead atoms. The largest absolute Gasteiger partial charge is 0.490 e. The maximum absolute atomic E-state index is 12.7. The Hall–Kier alpha value is -1.92. The fourth-order valence-corrected chi connectivity index (χ4v) is 2.74.